The Kier molecular flexibility index (Phi) is 6.33. The molecule has 0 radical (unpaired) electrons. The Morgan fingerprint density at radius 3 is 2.71 bits per heavy atom. The summed E-state index contributed by atoms with van der Waals surface area (Å²) in [6.45, 7) is 6.47. The standard InChI is InChI=1S/C17H28N2O2/c1-4-18-12-15-7-5-6-10-19(15)13-14-8-9-16(20-2)17(11-14)21-3/h8-9,11,15,18H,4-7,10,12-13H2,1-3H3. The van der Waals surface area contributed by atoms with Crippen molar-refractivity contribution in [2.75, 3.05) is 33.9 Å². The Labute approximate surface area is 128 Å². The summed E-state index contributed by atoms with van der Waals surface area (Å²) in [4.78, 5) is 2.59. The lowest BCUT2D eigenvalue weighted by Gasteiger charge is -2.36. The van der Waals surface area contributed by atoms with Crippen LogP contribution in [0.15, 0.2) is 18.2 Å². The number of benzene rings is 1. The maximum Gasteiger partial charge on any atom is 0.161 e. The average Bonchev–Trinajstić information content (AvgIpc) is 2.54. The first kappa shape index (κ1) is 16.1. The molecule has 2 rings (SSSR count). The summed E-state index contributed by atoms with van der Waals surface area (Å²) >= 11 is 0. The molecule has 118 valence electrons. The predicted molar refractivity (Wildman–Crippen MR) is 86.1 cm³/mol. The summed E-state index contributed by atoms with van der Waals surface area (Å²) < 4.78 is 10.7. The molecule has 1 fully saturated rings. The Bertz CT molecular complexity index is 437. The largest absolute Gasteiger partial charge is 0.493 e. The van der Waals surface area contributed by atoms with Crippen LogP contribution >= 0.6 is 0 Å². The molecule has 0 amide bonds. The van der Waals surface area contributed by atoms with Gasteiger partial charge in [-0.2, -0.15) is 0 Å². The fourth-order valence-corrected chi connectivity index (χ4v) is 3.02. The normalized spacial score (nSPS) is 19.5. The molecule has 0 spiro atoms. The lowest BCUT2D eigenvalue weighted by atomic mass is 10.0. The van der Waals surface area contributed by atoms with Crippen molar-refractivity contribution in [1.29, 1.82) is 0 Å². The van der Waals surface area contributed by atoms with E-state index in [1.807, 2.05) is 6.07 Å². The molecule has 1 aliphatic rings. The molecule has 1 aromatic carbocycles. The number of methoxy groups -OCH3 is 2. The van der Waals surface area contributed by atoms with Crippen molar-refractivity contribution in [2.24, 2.45) is 0 Å². The van der Waals surface area contributed by atoms with Crippen molar-refractivity contribution in [3.8, 4) is 11.5 Å². The molecule has 4 nitrogen and oxygen atoms in total. The molecule has 0 bridgehead atoms. The van der Waals surface area contributed by atoms with Crippen molar-refractivity contribution in [1.82, 2.24) is 10.2 Å². The zero-order valence-corrected chi connectivity index (χ0v) is 13.5. The number of likely N-dealkylation sites (N-methyl/N-ethyl adjacent to an activating group) is 1. The van der Waals surface area contributed by atoms with Gasteiger partial charge in [0.15, 0.2) is 11.5 Å². The first-order valence-corrected chi connectivity index (χ1v) is 7.94. The van der Waals surface area contributed by atoms with E-state index in [0.717, 1.165) is 31.1 Å². The van der Waals surface area contributed by atoms with E-state index in [-0.39, 0.29) is 0 Å². The van der Waals surface area contributed by atoms with Gasteiger partial charge in [-0.3, -0.25) is 4.90 Å². The highest BCUT2D eigenvalue weighted by molar-refractivity contribution is 5.42. The quantitative estimate of drug-likeness (QED) is 0.838. The van der Waals surface area contributed by atoms with Crippen LogP contribution in [0.4, 0.5) is 0 Å². The van der Waals surface area contributed by atoms with Crippen LogP contribution in [0.1, 0.15) is 31.7 Å². The van der Waals surface area contributed by atoms with Crippen LogP contribution in [-0.4, -0.2) is 44.8 Å². The lowest BCUT2D eigenvalue weighted by molar-refractivity contribution is 0.138. The number of likely N-dealkylation sites (tertiary alicyclic amines) is 1. The molecule has 0 aromatic heterocycles. The van der Waals surface area contributed by atoms with Crippen LogP contribution < -0.4 is 14.8 Å². The summed E-state index contributed by atoms with van der Waals surface area (Å²) in [5.74, 6) is 1.61. The van der Waals surface area contributed by atoms with Crippen LogP contribution in [0.5, 0.6) is 11.5 Å². The van der Waals surface area contributed by atoms with Crippen LogP contribution in [0, 0.1) is 0 Å². The zero-order valence-electron chi connectivity index (χ0n) is 13.5. The number of piperidine rings is 1. The summed E-state index contributed by atoms with van der Waals surface area (Å²) in [5, 5.41) is 3.49. The second-order valence-electron chi connectivity index (χ2n) is 5.62. The van der Waals surface area contributed by atoms with Crippen LogP contribution in [0.25, 0.3) is 0 Å². The van der Waals surface area contributed by atoms with Gasteiger partial charge in [-0.1, -0.05) is 19.4 Å². The highest BCUT2D eigenvalue weighted by Gasteiger charge is 2.22. The highest BCUT2D eigenvalue weighted by Crippen LogP contribution is 2.29. The second kappa shape index (κ2) is 8.25. The molecule has 1 heterocycles. The molecule has 1 atom stereocenters. The number of nitrogens with zero attached hydrogens (tertiary/aromatic N) is 1. The molecule has 0 aliphatic carbocycles. The van der Waals surface area contributed by atoms with E-state index in [1.165, 1.54) is 31.4 Å². The Hall–Kier alpha value is -1.26. The Morgan fingerprint density at radius 2 is 2.00 bits per heavy atom. The highest BCUT2D eigenvalue weighted by atomic mass is 16.5. The summed E-state index contributed by atoms with van der Waals surface area (Å²) in [5.41, 5.74) is 1.29. The molecule has 1 aromatic rings. The van der Waals surface area contributed by atoms with Gasteiger partial charge in [-0.25, -0.2) is 0 Å². The van der Waals surface area contributed by atoms with E-state index in [9.17, 15) is 0 Å². The molecule has 21 heavy (non-hydrogen) atoms. The smallest absolute Gasteiger partial charge is 0.161 e. The second-order valence-corrected chi connectivity index (χ2v) is 5.62. The van der Waals surface area contributed by atoms with Gasteiger partial charge < -0.3 is 14.8 Å². The minimum atomic E-state index is 0.645. The summed E-state index contributed by atoms with van der Waals surface area (Å²) in [6.07, 6.45) is 3.94. The zero-order chi connectivity index (χ0) is 15.1. The Morgan fingerprint density at radius 1 is 1.19 bits per heavy atom. The fraction of sp³-hybridized carbons (Fsp3) is 0.647. The number of hydrogen-bond acceptors (Lipinski definition) is 4. The first-order chi connectivity index (χ1) is 10.3. The third kappa shape index (κ3) is 4.35. The van der Waals surface area contributed by atoms with Gasteiger partial charge in [0.05, 0.1) is 14.2 Å². The van der Waals surface area contributed by atoms with Crippen LogP contribution in [0.2, 0.25) is 0 Å². The molecule has 1 unspecified atom stereocenters. The fourth-order valence-electron chi connectivity index (χ4n) is 3.02. The number of ether oxygens (including phenoxy) is 2. The van der Waals surface area contributed by atoms with Gasteiger partial charge in [-0.15, -0.1) is 0 Å². The molecular weight excluding hydrogens is 264 g/mol. The predicted octanol–water partition coefficient (Wildman–Crippen LogP) is 2.67. The number of nitrogens with one attached hydrogen (secondary N) is 1. The third-order valence-electron chi connectivity index (χ3n) is 4.21. The Balaban J connectivity index is 2.04. The average molecular weight is 292 g/mol. The van der Waals surface area contributed by atoms with Gasteiger partial charge in [0.2, 0.25) is 0 Å². The number of hydrogen-bond donors (Lipinski definition) is 1. The van der Waals surface area contributed by atoms with E-state index >= 15 is 0 Å². The SMILES string of the molecule is CCNCC1CCCCN1Cc1ccc(OC)c(OC)c1. The summed E-state index contributed by atoms with van der Waals surface area (Å²) in [6, 6.07) is 6.88. The summed E-state index contributed by atoms with van der Waals surface area (Å²) in [7, 11) is 3.37. The molecule has 1 aliphatic heterocycles. The van der Waals surface area contributed by atoms with Gasteiger partial charge in [0.1, 0.15) is 0 Å². The van der Waals surface area contributed by atoms with Crippen molar-refractivity contribution in [3.63, 3.8) is 0 Å². The van der Waals surface area contributed by atoms with E-state index in [0.29, 0.717) is 6.04 Å². The maximum atomic E-state index is 5.40. The van der Waals surface area contributed by atoms with E-state index in [2.05, 4.69) is 29.3 Å². The van der Waals surface area contributed by atoms with Crippen molar-refractivity contribution in [3.05, 3.63) is 23.8 Å². The molecule has 1 N–H and O–H groups in total. The monoisotopic (exact) mass is 292 g/mol. The van der Waals surface area contributed by atoms with Crippen molar-refractivity contribution < 1.29 is 9.47 Å². The van der Waals surface area contributed by atoms with Gasteiger partial charge >= 0.3 is 0 Å². The topological polar surface area (TPSA) is 33.7 Å². The number of rotatable bonds is 7. The molecule has 0 saturated carbocycles. The van der Waals surface area contributed by atoms with Crippen LogP contribution in [-0.2, 0) is 6.54 Å². The van der Waals surface area contributed by atoms with E-state index in [4.69, 9.17) is 9.47 Å². The van der Waals surface area contributed by atoms with E-state index < -0.39 is 0 Å². The van der Waals surface area contributed by atoms with Crippen molar-refractivity contribution >= 4 is 0 Å². The minimum absolute atomic E-state index is 0.645. The van der Waals surface area contributed by atoms with Crippen LogP contribution in [0.3, 0.4) is 0 Å². The lowest BCUT2D eigenvalue weighted by Crippen LogP contribution is -2.44. The first-order valence-electron chi connectivity index (χ1n) is 7.94. The molecule has 4 heteroatoms. The minimum Gasteiger partial charge on any atom is -0.493 e. The molecule has 1 saturated heterocycles. The maximum absolute atomic E-state index is 5.40. The van der Waals surface area contributed by atoms with Gasteiger partial charge in [0.25, 0.3) is 0 Å². The third-order valence-corrected chi connectivity index (χ3v) is 4.21. The van der Waals surface area contributed by atoms with Gasteiger partial charge in [0, 0.05) is 19.1 Å². The van der Waals surface area contributed by atoms with E-state index in [1.54, 1.807) is 14.2 Å². The van der Waals surface area contributed by atoms with Gasteiger partial charge in [-0.05, 0) is 43.6 Å². The van der Waals surface area contributed by atoms with Crippen molar-refractivity contribution in [2.45, 2.75) is 38.8 Å². The molecular formula is C17H28N2O2.